The molecule has 4 nitrogen and oxygen atoms in total. The first-order valence-electron chi connectivity index (χ1n) is 7.15. The van der Waals surface area contributed by atoms with E-state index < -0.39 is 0 Å². The van der Waals surface area contributed by atoms with E-state index in [-0.39, 0.29) is 11.7 Å². The number of nitrogens with zero attached hydrogens (tertiary/aromatic N) is 1. The minimum Gasteiger partial charge on any atom is -0.444 e. The summed E-state index contributed by atoms with van der Waals surface area (Å²) in [5.41, 5.74) is -0.381. The molecule has 104 valence electrons. The molecule has 1 saturated carbocycles. The van der Waals surface area contributed by atoms with Gasteiger partial charge in [0.15, 0.2) is 0 Å². The Morgan fingerprint density at radius 1 is 1.33 bits per heavy atom. The topological polar surface area (TPSA) is 41.6 Å². The number of hydrogen-bond acceptors (Lipinski definition) is 3. The summed E-state index contributed by atoms with van der Waals surface area (Å²) in [5.74, 6) is 0.657. The molecule has 1 amide bonds. The largest absolute Gasteiger partial charge is 0.444 e. The highest BCUT2D eigenvalue weighted by atomic mass is 16.6. The van der Waals surface area contributed by atoms with Gasteiger partial charge in [-0.15, -0.1) is 0 Å². The molecule has 1 heterocycles. The molecule has 1 aliphatic heterocycles. The molecule has 18 heavy (non-hydrogen) atoms. The molecule has 0 aromatic heterocycles. The Bertz CT molecular complexity index is 289. The zero-order chi connectivity index (χ0) is 13.2. The van der Waals surface area contributed by atoms with Crippen LogP contribution in [-0.2, 0) is 4.74 Å². The van der Waals surface area contributed by atoms with Crippen LogP contribution in [0.4, 0.5) is 4.79 Å². The smallest absolute Gasteiger partial charge is 0.410 e. The maximum absolute atomic E-state index is 11.7. The molecular weight excluding hydrogens is 228 g/mol. The zero-order valence-corrected chi connectivity index (χ0v) is 11.9. The molecule has 0 atom stereocenters. The Morgan fingerprint density at radius 2 is 2.00 bits per heavy atom. The van der Waals surface area contributed by atoms with E-state index >= 15 is 0 Å². The van der Waals surface area contributed by atoms with Crippen molar-refractivity contribution in [2.75, 3.05) is 19.6 Å². The maximum Gasteiger partial charge on any atom is 0.410 e. The molecule has 1 saturated heterocycles. The quantitative estimate of drug-likeness (QED) is 0.837. The molecule has 2 rings (SSSR count). The van der Waals surface area contributed by atoms with Crippen LogP contribution in [-0.4, -0.2) is 42.3 Å². The van der Waals surface area contributed by atoms with Crippen LogP contribution in [0, 0.1) is 5.92 Å². The molecule has 2 aliphatic rings. The second-order valence-electron chi connectivity index (χ2n) is 6.62. The Morgan fingerprint density at radius 3 is 2.50 bits per heavy atom. The fourth-order valence-corrected chi connectivity index (χ4v) is 2.33. The summed E-state index contributed by atoms with van der Waals surface area (Å²) in [6.45, 7) is 8.54. The van der Waals surface area contributed by atoms with Gasteiger partial charge < -0.3 is 15.0 Å². The molecule has 0 radical (unpaired) electrons. The van der Waals surface area contributed by atoms with Gasteiger partial charge in [-0.1, -0.05) is 6.42 Å². The zero-order valence-electron chi connectivity index (χ0n) is 11.9. The molecule has 4 heteroatoms. The summed E-state index contributed by atoms with van der Waals surface area (Å²) in [6.07, 6.45) is 5.08. The fraction of sp³-hybridized carbons (Fsp3) is 0.929. The maximum atomic E-state index is 11.7. The van der Waals surface area contributed by atoms with E-state index in [0.717, 1.165) is 25.7 Å². The lowest BCUT2D eigenvalue weighted by Crippen LogP contribution is -2.52. The number of ether oxygens (including phenoxy) is 1. The Hall–Kier alpha value is -0.770. The molecule has 0 aromatic carbocycles. The van der Waals surface area contributed by atoms with Crippen molar-refractivity contribution in [3.8, 4) is 0 Å². The van der Waals surface area contributed by atoms with Gasteiger partial charge in [0.1, 0.15) is 5.60 Å². The van der Waals surface area contributed by atoms with Crippen LogP contribution >= 0.6 is 0 Å². The monoisotopic (exact) mass is 254 g/mol. The predicted molar refractivity (Wildman–Crippen MR) is 71.6 cm³/mol. The lowest BCUT2D eigenvalue weighted by atomic mass is 9.92. The number of hydrogen-bond donors (Lipinski definition) is 1. The molecule has 1 N–H and O–H groups in total. The highest BCUT2D eigenvalue weighted by Gasteiger charge is 2.33. The molecular formula is C14H26N2O2. The molecule has 0 bridgehead atoms. The van der Waals surface area contributed by atoms with E-state index in [2.05, 4.69) is 5.32 Å². The molecule has 2 fully saturated rings. The molecule has 0 spiro atoms. The van der Waals surface area contributed by atoms with Gasteiger partial charge in [-0.25, -0.2) is 4.79 Å². The van der Waals surface area contributed by atoms with E-state index in [1.165, 1.54) is 25.7 Å². The van der Waals surface area contributed by atoms with Crippen molar-refractivity contribution in [1.82, 2.24) is 10.2 Å². The van der Waals surface area contributed by atoms with E-state index in [0.29, 0.717) is 5.92 Å². The number of amides is 1. The summed E-state index contributed by atoms with van der Waals surface area (Å²) in [7, 11) is 0. The predicted octanol–water partition coefficient (Wildman–Crippen LogP) is 2.39. The standard InChI is InChI=1S/C14H26N2O2/c1-14(2,3)18-13(17)16-9-11(10-16)7-8-15-12-5-4-6-12/h11-12,15H,4-10H2,1-3H3. The van der Waals surface area contributed by atoms with E-state index in [1.54, 1.807) is 4.90 Å². The fourth-order valence-electron chi connectivity index (χ4n) is 2.33. The van der Waals surface area contributed by atoms with E-state index in [1.807, 2.05) is 20.8 Å². The third-order valence-electron chi connectivity index (χ3n) is 3.70. The number of carbonyl (C=O) groups excluding carboxylic acids is 1. The Labute approximate surface area is 110 Å². The van der Waals surface area contributed by atoms with Gasteiger partial charge >= 0.3 is 6.09 Å². The minimum absolute atomic E-state index is 0.161. The van der Waals surface area contributed by atoms with Crippen LogP contribution in [0.5, 0.6) is 0 Å². The van der Waals surface area contributed by atoms with Gasteiger partial charge in [-0.2, -0.15) is 0 Å². The van der Waals surface area contributed by atoms with Gasteiger partial charge in [0.05, 0.1) is 0 Å². The van der Waals surface area contributed by atoms with Crippen molar-refractivity contribution < 1.29 is 9.53 Å². The van der Waals surface area contributed by atoms with Gasteiger partial charge in [0, 0.05) is 19.1 Å². The van der Waals surface area contributed by atoms with Crippen molar-refractivity contribution in [3.63, 3.8) is 0 Å². The van der Waals surface area contributed by atoms with Gasteiger partial charge in [-0.05, 0) is 52.5 Å². The highest BCUT2D eigenvalue weighted by Crippen LogP contribution is 2.22. The van der Waals surface area contributed by atoms with Crippen molar-refractivity contribution in [2.24, 2.45) is 5.92 Å². The first kappa shape index (κ1) is 13.7. The van der Waals surface area contributed by atoms with Crippen LogP contribution in [0.3, 0.4) is 0 Å². The summed E-state index contributed by atoms with van der Waals surface area (Å²) in [5, 5.41) is 3.57. The van der Waals surface area contributed by atoms with E-state index in [4.69, 9.17) is 4.74 Å². The number of rotatable bonds is 4. The van der Waals surface area contributed by atoms with Gasteiger partial charge in [-0.3, -0.25) is 0 Å². The molecule has 0 unspecified atom stereocenters. The lowest BCUT2D eigenvalue weighted by molar-refractivity contribution is -0.00219. The summed E-state index contributed by atoms with van der Waals surface area (Å²) in [6, 6.07) is 0.770. The summed E-state index contributed by atoms with van der Waals surface area (Å²) in [4.78, 5) is 13.5. The van der Waals surface area contributed by atoms with Crippen molar-refractivity contribution >= 4 is 6.09 Å². The second kappa shape index (κ2) is 5.47. The lowest BCUT2D eigenvalue weighted by Gasteiger charge is -2.40. The SMILES string of the molecule is CC(C)(C)OC(=O)N1CC(CCNC2CCC2)C1. The third kappa shape index (κ3) is 3.87. The first-order chi connectivity index (χ1) is 8.44. The van der Waals surface area contributed by atoms with Gasteiger partial charge in [0.2, 0.25) is 0 Å². The van der Waals surface area contributed by atoms with E-state index in [9.17, 15) is 4.79 Å². The highest BCUT2D eigenvalue weighted by molar-refractivity contribution is 5.69. The van der Waals surface area contributed by atoms with Crippen LogP contribution in [0.1, 0.15) is 46.5 Å². The average molecular weight is 254 g/mol. The van der Waals surface area contributed by atoms with Crippen molar-refractivity contribution in [2.45, 2.75) is 58.1 Å². The summed E-state index contributed by atoms with van der Waals surface area (Å²) >= 11 is 0. The van der Waals surface area contributed by atoms with Crippen LogP contribution < -0.4 is 5.32 Å². The van der Waals surface area contributed by atoms with Crippen LogP contribution in [0.2, 0.25) is 0 Å². The number of carbonyl (C=O) groups is 1. The van der Waals surface area contributed by atoms with Gasteiger partial charge in [0.25, 0.3) is 0 Å². The minimum atomic E-state index is -0.381. The normalized spacial score (nSPS) is 21.4. The first-order valence-corrected chi connectivity index (χ1v) is 7.15. The van der Waals surface area contributed by atoms with Crippen molar-refractivity contribution in [1.29, 1.82) is 0 Å². The van der Waals surface area contributed by atoms with Crippen LogP contribution in [0.15, 0.2) is 0 Å². The third-order valence-corrected chi connectivity index (χ3v) is 3.70. The molecule has 0 aromatic rings. The Kier molecular flexibility index (Phi) is 4.15. The number of nitrogens with one attached hydrogen (secondary N) is 1. The summed E-state index contributed by atoms with van der Waals surface area (Å²) < 4.78 is 5.33. The number of likely N-dealkylation sites (tertiary alicyclic amines) is 1. The second-order valence-corrected chi connectivity index (χ2v) is 6.62. The van der Waals surface area contributed by atoms with Crippen molar-refractivity contribution in [3.05, 3.63) is 0 Å². The average Bonchev–Trinajstić information content (AvgIpc) is 2.08. The van der Waals surface area contributed by atoms with Crippen LogP contribution in [0.25, 0.3) is 0 Å². The molecule has 1 aliphatic carbocycles. The Balaban J connectivity index is 1.54.